The lowest BCUT2D eigenvalue weighted by Gasteiger charge is -2.16. The van der Waals surface area contributed by atoms with Crippen LogP contribution in [0.1, 0.15) is 20.3 Å². The molecule has 5 heteroatoms. The van der Waals surface area contributed by atoms with E-state index in [-0.39, 0.29) is 12.0 Å². The predicted molar refractivity (Wildman–Crippen MR) is 60.9 cm³/mol. The molecule has 5 nitrogen and oxygen atoms in total. The zero-order chi connectivity index (χ0) is 11.8. The van der Waals surface area contributed by atoms with Crippen LogP contribution in [0.25, 0.3) is 0 Å². The first-order valence-electron chi connectivity index (χ1n) is 5.63. The molecular weight excluding hydrogens is 206 g/mol. The van der Waals surface area contributed by atoms with Gasteiger partial charge in [-0.2, -0.15) is 0 Å². The molecule has 0 saturated carbocycles. The van der Waals surface area contributed by atoms with Crippen molar-refractivity contribution in [2.45, 2.75) is 32.9 Å². The highest BCUT2D eigenvalue weighted by atomic mass is 16.5. The lowest BCUT2D eigenvalue weighted by atomic mass is 10.2. The Bertz CT molecular complexity index is 298. The van der Waals surface area contributed by atoms with Crippen molar-refractivity contribution in [3.63, 3.8) is 0 Å². The SMILES string of the molecule is CCNC(CCn1ccnc1)C(=O)OCC. The van der Waals surface area contributed by atoms with E-state index in [0.29, 0.717) is 13.0 Å². The van der Waals surface area contributed by atoms with Gasteiger partial charge in [0.2, 0.25) is 0 Å². The molecule has 1 atom stereocenters. The van der Waals surface area contributed by atoms with Crippen molar-refractivity contribution in [1.82, 2.24) is 14.9 Å². The van der Waals surface area contributed by atoms with Crippen LogP contribution in [0.2, 0.25) is 0 Å². The van der Waals surface area contributed by atoms with Gasteiger partial charge >= 0.3 is 5.97 Å². The third-order valence-electron chi connectivity index (χ3n) is 2.26. The Kier molecular flexibility index (Phi) is 5.56. The molecule has 1 aromatic rings. The summed E-state index contributed by atoms with van der Waals surface area (Å²) in [6.45, 7) is 5.73. The molecule has 0 spiro atoms. The number of hydrogen-bond donors (Lipinski definition) is 1. The van der Waals surface area contributed by atoms with E-state index in [0.717, 1.165) is 13.1 Å². The third-order valence-corrected chi connectivity index (χ3v) is 2.26. The molecule has 0 fully saturated rings. The van der Waals surface area contributed by atoms with Crippen LogP contribution in [0.3, 0.4) is 0 Å². The Morgan fingerprint density at radius 3 is 2.94 bits per heavy atom. The normalized spacial score (nSPS) is 12.4. The van der Waals surface area contributed by atoms with E-state index in [1.54, 1.807) is 12.5 Å². The summed E-state index contributed by atoms with van der Waals surface area (Å²) in [7, 11) is 0. The quantitative estimate of drug-likeness (QED) is 0.698. The minimum absolute atomic E-state index is 0.176. The fraction of sp³-hybridized carbons (Fsp3) is 0.636. The summed E-state index contributed by atoms with van der Waals surface area (Å²) in [5, 5.41) is 3.12. The summed E-state index contributed by atoms with van der Waals surface area (Å²) in [6.07, 6.45) is 6.07. The van der Waals surface area contributed by atoms with Crippen molar-refractivity contribution >= 4 is 5.97 Å². The van der Waals surface area contributed by atoms with Crippen LogP contribution in [-0.4, -0.2) is 34.7 Å². The maximum absolute atomic E-state index is 11.6. The maximum Gasteiger partial charge on any atom is 0.323 e. The molecule has 16 heavy (non-hydrogen) atoms. The Morgan fingerprint density at radius 2 is 2.38 bits per heavy atom. The minimum atomic E-state index is -0.229. The lowest BCUT2D eigenvalue weighted by Crippen LogP contribution is -2.38. The predicted octanol–water partition coefficient (Wildman–Crippen LogP) is 0.814. The Morgan fingerprint density at radius 1 is 1.56 bits per heavy atom. The topological polar surface area (TPSA) is 56.2 Å². The van der Waals surface area contributed by atoms with Gasteiger partial charge in [0.25, 0.3) is 0 Å². The van der Waals surface area contributed by atoms with Gasteiger partial charge < -0.3 is 14.6 Å². The molecule has 0 aliphatic rings. The van der Waals surface area contributed by atoms with Gasteiger partial charge in [-0.1, -0.05) is 6.92 Å². The fourth-order valence-corrected chi connectivity index (χ4v) is 1.49. The number of esters is 1. The summed E-state index contributed by atoms with van der Waals surface area (Å²) < 4.78 is 6.95. The number of ether oxygens (including phenoxy) is 1. The highest BCUT2D eigenvalue weighted by Crippen LogP contribution is 1.99. The van der Waals surface area contributed by atoms with Crippen molar-refractivity contribution in [3.05, 3.63) is 18.7 Å². The second-order valence-electron chi connectivity index (χ2n) is 3.45. The highest BCUT2D eigenvalue weighted by molar-refractivity contribution is 5.75. The molecule has 1 rings (SSSR count). The second kappa shape index (κ2) is 7.00. The van der Waals surface area contributed by atoms with Crippen molar-refractivity contribution in [2.24, 2.45) is 0 Å². The van der Waals surface area contributed by atoms with Gasteiger partial charge in [-0.05, 0) is 19.9 Å². The molecule has 90 valence electrons. The van der Waals surface area contributed by atoms with E-state index in [9.17, 15) is 4.79 Å². The molecule has 0 amide bonds. The third kappa shape index (κ3) is 4.02. The van der Waals surface area contributed by atoms with Gasteiger partial charge in [0, 0.05) is 18.9 Å². The molecule has 0 aliphatic carbocycles. The van der Waals surface area contributed by atoms with Gasteiger partial charge in [-0.25, -0.2) is 4.98 Å². The Balaban J connectivity index is 2.41. The monoisotopic (exact) mass is 225 g/mol. The number of nitrogens with one attached hydrogen (secondary N) is 1. The van der Waals surface area contributed by atoms with Crippen molar-refractivity contribution in [3.8, 4) is 0 Å². The molecule has 0 aliphatic heterocycles. The zero-order valence-electron chi connectivity index (χ0n) is 9.85. The van der Waals surface area contributed by atoms with E-state index in [4.69, 9.17) is 4.74 Å². The summed E-state index contributed by atoms with van der Waals surface area (Å²) >= 11 is 0. The molecule has 1 heterocycles. The molecule has 0 saturated heterocycles. The van der Waals surface area contributed by atoms with Crippen LogP contribution in [0.4, 0.5) is 0 Å². The first-order valence-corrected chi connectivity index (χ1v) is 5.63. The number of carbonyl (C=O) groups excluding carboxylic acids is 1. The number of carbonyl (C=O) groups is 1. The Labute approximate surface area is 95.8 Å². The molecule has 1 aromatic heterocycles. The van der Waals surface area contributed by atoms with E-state index in [2.05, 4.69) is 10.3 Å². The number of rotatable bonds is 7. The number of imidazole rings is 1. The second-order valence-corrected chi connectivity index (χ2v) is 3.45. The molecule has 1 N–H and O–H groups in total. The Hall–Kier alpha value is -1.36. The number of aryl methyl sites for hydroxylation is 1. The van der Waals surface area contributed by atoms with Crippen LogP contribution in [0.5, 0.6) is 0 Å². The van der Waals surface area contributed by atoms with Gasteiger partial charge in [0.15, 0.2) is 0 Å². The van der Waals surface area contributed by atoms with Gasteiger partial charge in [-0.3, -0.25) is 4.79 Å². The molecule has 1 unspecified atom stereocenters. The molecule has 0 aromatic carbocycles. The maximum atomic E-state index is 11.6. The zero-order valence-corrected chi connectivity index (χ0v) is 9.85. The summed E-state index contributed by atoms with van der Waals surface area (Å²) in [4.78, 5) is 15.5. The largest absolute Gasteiger partial charge is 0.465 e. The van der Waals surface area contributed by atoms with E-state index in [1.165, 1.54) is 0 Å². The number of hydrogen-bond acceptors (Lipinski definition) is 4. The van der Waals surface area contributed by atoms with Gasteiger partial charge in [0.05, 0.1) is 12.9 Å². The first-order chi connectivity index (χ1) is 7.77. The number of nitrogens with zero attached hydrogens (tertiary/aromatic N) is 2. The van der Waals surface area contributed by atoms with Crippen molar-refractivity contribution in [1.29, 1.82) is 0 Å². The average Bonchev–Trinajstić information content (AvgIpc) is 2.77. The molecule has 0 radical (unpaired) electrons. The van der Waals surface area contributed by atoms with Crippen LogP contribution in [0, 0.1) is 0 Å². The number of likely N-dealkylation sites (N-methyl/N-ethyl adjacent to an activating group) is 1. The standard InChI is InChI=1S/C11H19N3O2/c1-3-13-10(11(15)16-4-2)5-7-14-8-6-12-9-14/h6,8-10,13H,3-5,7H2,1-2H3. The summed E-state index contributed by atoms with van der Waals surface area (Å²) in [5.74, 6) is -0.176. The highest BCUT2D eigenvalue weighted by Gasteiger charge is 2.17. The van der Waals surface area contributed by atoms with E-state index in [1.807, 2.05) is 24.6 Å². The van der Waals surface area contributed by atoms with Crippen LogP contribution in [-0.2, 0) is 16.1 Å². The molecule has 0 bridgehead atoms. The van der Waals surface area contributed by atoms with Crippen molar-refractivity contribution in [2.75, 3.05) is 13.2 Å². The summed E-state index contributed by atoms with van der Waals surface area (Å²) in [5.41, 5.74) is 0. The van der Waals surface area contributed by atoms with Crippen molar-refractivity contribution < 1.29 is 9.53 Å². The average molecular weight is 225 g/mol. The van der Waals surface area contributed by atoms with E-state index >= 15 is 0 Å². The molecular formula is C11H19N3O2. The van der Waals surface area contributed by atoms with Crippen LogP contribution in [0.15, 0.2) is 18.7 Å². The van der Waals surface area contributed by atoms with Crippen LogP contribution >= 0.6 is 0 Å². The lowest BCUT2D eigenvalue weighted by molar-refractivity contribution is -0.145. The minimum Gasteiger partial charge on any atom is -0.465 e. The smallest absolute Gasteiger partial charge is 0.323 e. The van der Waals surface area contributed by atoms with Gasteiger partial charge in [0.1, 0.15) is 6.04 Å². The fourth-order valence-electron chi connectivity index (χ4n) is 1.49. The first kappa shape index (κ1) is 12.7. The summed E-state index contributed by atoms with van der Waals surface area (Å²) in [6, 6.07) is -0.229. The van der Waals surface area contributed by atoms with Gasteiger partial charge in [-0.15, -0.1) is 0 Å². The van der Waals surface area contributed by atoms with Crippen LogP contribution < -0.4 is 5.32 Å². The number of aromatic nitrogens is 2. The van der Waals surface area contributed by atoms with E-state index < -0.39 is 0 Å².